The first-order valence-electron chi connectivity index (χ1n) is 5.16. The van der Waals surface area contributed by atoms with E-state index in [0.29, 0.717) is 19.2 Å². The van der Waals surface area contributed by atoms with Gasteiger partial charge in [-0.05, 0) is 19.1 Å². The first-order chi connectivity index (χ1) is 8.45. The van der Waals surface area contributed by atoms with Crippen molar-refractivity contribution in [1.29, 1.82) is 0 Å². The van der Waals surface area contributed by atoms with Gasteiger partial charge in [0, 0.05) is 19.2 Å². The fourth-order valence-electron chi connectivity index (χ4n) is 1.15. The van der Waals surface area contributed by atoms with Crippen LogP contribution < -0.4 is 5.32 Å². The number of amides is 1. The molecule has 0 aliphatic heterocycles. The highest BCUT2D eigenvalue weighted by Crippen LogP contribution is 2.28. The Morgan fingerprint density at radius 3 is 2.67 bits per heavy atom. The van der Waals surface area contributed by atoms with E-state index >= 15 is 0 Å². The Balaban J connectivity index is 2.61. The Kier molecular flexibility index (Phi) is 4.72. The van der Waals surface area contributed by atoms with E-state index in [1.165, 1.54) is 0 Å². The SMILES string of the molecule is CC#CCCNC(=O)c1ccc(C(F)(F)F)cn1. The van der Waals surface area contributed by atoms with Gasteiger partial charge in [0.15, 0.2) is 0 Å². The smallest absolute Gasteiger partial charge is 0.350 e. The second kappa shape index (κ2) is 6.05. The van der Waals surface area contributed by atoms with Crippen LogP contribution in [0.25, 0.3) is 0 Å². The zero-order chi connectivity index (χ0) is 13.6. The van der Waals surface area contributed by atoms with Crippen LogP contribution in [-0.4, -0.2) is 17.4 Å². The lowest BCUT2D eigenvalue weighted by Gasteiger charge is -2.06. The molecule has 1 N–H and O–H groups in total. The minimum absolute atomic E-state index is 0.0487. The molecule has 0 unspecified atom stereocenters. The molecule has 6 heteroatoms. The maximum absolute atomic E-state index is 12.3. The molecule has 0 radical (unpaired) electrons. The largest absolute Gasteiger partial charge is 0.417 e. The number of halogens is 3. The normalized spacial score (nSPS) is 10.4. The van der Waals surface area contributed by atoms with Gasteiger partial charge in [-0.3, -0.25) is 9.78 Å². The molecule has 96 valence electrons. The number of pyridine rings is 1. The maximum atomic E-state index is 12.3. The molecular formula is C12H11F3N2O. The van der Waals surface area contributed by atoms with Crippen molar-refractivity contribution in [2.24, 2.45) is 0 Å². The summed E-state index contributed by atoms with van der Waals surface area (Å²) in [6.45, 7) is 2.02. The fourth-order valence-corrected chi connectivity index (χ4v) is 1.15. The van der Waals surface area contributed by atoms with E-state index in [1.54, 1.807) is 6.92 Å². The molecule has 0 spiro atoms. The van der Waals surface area contributed by atoms with Gasteiger partial charge in [0.1, 0.15) is 5.69 Å². The molecule has 0 aliphatic rings. The summed E-state index contributed by atoms with van der Waals surface area (Å²) in [6.07, 6.45) is -3.32. The molecule has 0 fully saturated rings. The lowest BCUT2D eigenvalue weighted by atomic mass is 10.2. The van der Waals surface area contributed by atoms with Crippen molar-refractivity contribution in [1.82, 2.24) is 10.3 Å². The summed E-state index contributed by atoms with van der Waals surface area (Å²) in [6, 6.07) is 1.87. The molecule has 1 amide bonds. The van der Waals surface area contributed by atoms with E-state index in [2.05, 4.69) is 22.1 Å². The predicted molar refractivity (Wildman–Crippen MR) is 59.6 cm³/mol. The van der Waals surface area contributed by atoms with E-state index in [-0.39, 0.29) is 5.69 Å². The summed E-state index contributed by atoms with van der Waals surface area (Å²) >= 11 is 0. The Labute approximate surface area is 102 Å². The Hall–Kier alpha value is -2.03. The first kappa shape index (κ1) is 14.0. The van der Waals surface area contributed by atoms with E-state index in [9.17, 15) is 18.0 Å². The number of alkyl halides is 3. The van der Waals surface area contributed by atoms with Crippen molar-refractivity contribution >= 4 is 5.91 Å². The number of nitrogens with one attached hydrogen (secondary N) is 1. The number of nitrogens with zero attached hydrogens (tertiary/aromatic N) is 1. The fraction of sp³-hybridized carbons (Fsp3) is 0.333. The van der Waals surface area contributed by atoms with Gasteiger partial charge < -0.3 is 5.32 Å². The van der Waals surface area contributed by atoms with Crippen LogP contribution in [-0.2, 0) is 6.18 Å². The molecule has 0 saturated heterocycles. The number of hydrogen-bond acceptors (Lipinski definition) is 2. The van der Waals surface area contributed by atoms with Crippen molar-refractivity contribution < 1.29 is 18.0 Å². The van der Waals surface area contributed by atoms with Gasteiger partial charge in [-0.15, -0.1) is 11.8 Å². The van der Waals surface area contributed by atoms with E-state index in [4.69, 9.17) is 0 Å². The van der Waals surface area contributed by atoms with Crippen LogP contribution in [0.4, 0.5) is 13.2 Å². The molecule has 1 aromatic heterocycles. The Bertz CT molecular complexity index is 469. The van der Waals surface area contributed by atoms with Gasteiger partial charge in [-0.1, -0.05) is 0 Å². The van der Waals surface area contributed by atoms with Crippen LogP contribution in [0.15, 0.2) is 18.3 Å². The number of rotatable bonds is 3. The van der Waals surface area contributed by atoms with Crippen LogP contribution in [0, 0.1) is 11.8 Å². The molecule has 0 saturated carbocycles. The average molecular weight is 256 g/mol. The van der Waals surface area contributed by atoms with Gasteiger partial charge in [-0.25, -0.2) is 0 Å². The summed E-state index contributed by atoms with van der Waals surface area (Å²) < 4.78 is 36.8. The lowest BCUT2D eigenvalue weighted by molar-refractivity contribution is -0.137. The summed E-state index contributed by atoms with van der Waals surface area (Å²) in [7, 11) is 0. The van der Waals surface area contributed by atoms with Crippen molar-refractivity contribution in [2.45, 2.75) is 19.5 Å². The third-order valence-electron chi connectivity index (χ3n) is 2.04. The van der Waals surface area contributed by atoms with Crippen molar-refractivity contribution in [3.8, 4) is 11.8 Å². The molecule has 0 atom stereocenters. The second-order valence-corrected chi connectivity index (χ2v) is 3.36. The Morgan fingerprint density at radius 2 is 2.17 bits per heavy atom. The first-order valence-corrected chi connectivity index (χ1v) is 5.16. The Morgan fingerprint density at radius 1 is 1.44 bits per heavy atom. The van der Waals surface area contributed by atoms with E-state index < -0.39 is 17.6 Å². The van der Waals surface area contributed by atoms with E-state index in [1.807, 2.05) is 0 Å². The predicted octanol–water partition coefficient (Wildman–Crippen LogP) is 2.24. The third-order valence-corrected chi connectivity index (χ3v) is 2.04. The van der Waals surface area contributed by atoms with Crippen molar-refractivity contribution in [2.75, 3.05) is 6.54 Å². The van der Waals surface area contributed by atoms with Crippen LogP contribution in [0.2, 0.25) is 0 Å². The number of carbonyl (C=O) groups is 1. The summed E-state index contributed by atoms with van der Waals surface area (Å²) in [5, 5.41) is 2.51. The molecule has 3 nitrogen and oxygen atoms in total. The summed E-state index contributed by atoms with van der Waals surface area (Å²) in [4.78, 5) is 14.9. The molecule has 1 heterocycles. The third kappa shape index (κ3) is 4.09. The number of hydrogen-bond donors (Lipinski definition) is 1. The monoisotopic (exact) mass is 256 g/mol. The molecule has 1 aromatic rings. The highest BCUT2D eigenvalue weighted by molar-refractivity contribution is 5.92. The van der Waals surface area contributed by atoms with Crippen LogP contribution in [0.5, 0.6) is 0 Å². The minimum Gasteiger partial charge on any atom is -0.350 e. The highest BCUT2D eigenvalue weighted by Gasteiger charge is 2.30. The maximum Gasteiger partial charge on any atom is 0.417 e. The average Bonchev–Trinajstić information content (AvgIpc) is 2.33. The zero-order valence-electron chi connectivity index (χ0n) is 9.64. The number of carbonyl (C=O) groups excluding carboxylic acids is 1. The highest BCUT2D eigenvalue weighted by atomic mass is 19.4. The van der Waals surface area contributed by atoms with Crippen LogP contribution >= 0.6 is 0 Å². The van der Waals surface area contributed by atoms with Gasteiger partial charge in [-0.2, -0.15) is 13.2 Å². The quantitative estimate of drug-likeness (QED) is 0.665. The summed E-state index contributed by atoms with van der Waals surface area (Å²) in [5.74, 6) is 4.90. The van der Waals surface area contributed by atoms with Crippen molar-refractivity contribution in [3.05, 3.63) is 29.6 Å². The van der Waals surface area contributed by atoms with Gasteiger partial charge in [0.2, 0.25) is 0 Å². The molecule has 0 bridgehead atoms. The zero-order valence-corrected chi connectivity index (χ0v) is 9.64. The molecule has 0 aliphatic carbocycles. The number of aromatic nitrogens is 1. The van der Waals surface area contributed by atoms with Crippen LogP contribution in [0.1, 0.15) is 29.4 Å². The molecular weight excluding hydrogens is 245 g/mol. The van der Waals surface area contributed by atoms with Gasteiger partial charge in [0.25, 0.3) is 5.91 Å². The summed E-state index contributed by atoms with van der Waals surface area (Å²) in [5.41, 5.74) is -0.927. The van der Waals surface area contributed by atoms with Gasteiger partial charge in [0.05, 0.1) is 5.56 Å². The molecule has 18 heavy (non-hydrogen) atoms. The van der Waals surface area contributed by atoms with Crippen molar-refractivity contribution in [3.63, 3.8) is 0 Å². The standard InChI is InChI=1S/C12H11F3N2O/c1-2-3-4-7-16-11(18)10-6-5-9(8-17-10)12(13,14)15/h5-6,8H,4,7H2,1H3,(H,16,18). The minimum atomic E-state index is -4.45. The topological polar surface area (TPSA) is 42.0 Å². The molecule has 0 aromatic carbocycles. The van der Waals surface area contributed by atoms with Crippen LogP contribution in [0.3, 0.4) is 0 Å². The second-order valence-electron chi connectivity index (χ2n) is 3.36. The lowest BCUT2D eigenvalue weighted by Crippen LogP contribution is -2.25. The van der Waals surface area contributed by atoms with Gasteiger partial charge >= 0.3 is 6.18 Å². The van der Waals surface area contributed by atoms with E-state index in [0.717, 1.165) is 12.1 Å². The molecule has 1 rings (SSSR count).